The monoisotopic (exact) mass is 809 g/mol. The molecule has 2 N–H and O–H groups in total. The van der Waals surface area contributed by atoms with Gasteiger partial charge in [-0.15, -0.1) is 0 Å². The first-order chi connectivity index (χ1) is 29.3. The Morgan fingerprint density at radius 3 is 1.48 bits per heavy atom. The number of nitrogens with zero attached hydrogens (tertiary/aromatic N) is 6. The number of hydrogen-bond donors (Lipinski definition) is 2. The Morgan fingerprint density at radius 1 is 0.617 bits per heavy atom. The second-order valence-electron chi connectivity index (χ2n) is 17.2. The third kappa shape index (κ3) is 8.07. The van der Waals surface area contributed by atoms with E-state index in [2.05, 4.69) is 126 Å². The van der Waals surface area contributed by atoms with Crippen LogP contribution in [0.3, 0.4) is 0 Å². The van der Waals surface area contributed by atoms with Crippen molar-refractivity contribution in [2.75, 3.05) is 50.1 Å². The number of piperidine rings is 2. The lowest BCUT2D eigenvalue weighted by atomic mass is 9.94. The molecule has 0 amide bonds. The standard InChI is InChI=1S/C25H32N4O.C21H21N3O.C4H11N/c1-4-28(5-2)25(26)17-10-13-22-24(14-17)30-23-9-7-6-8-21(23)29(22)20-15-18-11-12-19(16-20)27(18)3;1-23-15-7-8-16(23)12-17(11-15)24-18-4-2-3-5-20(18)25-21-10-14(13-22)6-9-19(21)24;1-3-5-4-2/h6-10,13-14,18-20,26H,4-5,11-12,15-16H2,1-3H3;2-6,9-10,15-17H,7-8,11-12H2,1H3;5H,3-4H2,1-2H3. The number of ether oxygens (including phenoxy) is 2. The molecule has 4 aromatic rings. The molecule has 10 rings (SSSR count). The van der Waals surface area contributed by atoms with Crippen LogP contribution in [0.25, 0.3) is 0 Å². The zero-order chi connectivity index (χ0) is 41.9. The minimum absolute atomic E-state index is 0.477. The maximum absolute atomic E-state index is 9.23. The second-order valence-corrected chi connectivity index (χ2v) is 17.2. The van der Waals surface area contributed by atoms with Gasteiger partial charge >= 0.3 is 0 Å². The number of benzene rings is 4. The van der Waals surface area contributed by atoms with E-state index in [0.717, 1.165) is 71.8 Å². The molecule has 4 aromatic carbocycles. The Labute approximate surface area is 358 Å². The Bertz CT molecular complexity index is 2150. The number of amidine groups is 1. The lowest BCUT2D eigenvalue weighted by Crippen LogP contribution is -2.48. The Hall–Kier alpha value is -5.08. The average Bonchev–Trinajstić information content (AvgIpc) is 3.58. The molecule has 4 unspecified atom stereocenters. The van der Waals surface area contributed by atoms with Gasteiger partial charge in [-0.3, -0.25) is 5.41 Å². The molecule has 0 radical (unpaired) electrons. The molecule has 6 heterocycles. The van der Waals surface area contributed by atoms with E-state index in [4.69, 9.17) is 14.9 Å². The zero-order valence-electron chi connectivity index (χ0n) is 36.5. The molecule has 6 aliphatic heterocycles. The number of nitrogens with one attached hydrogen (secondary N) is 2. The maximum Gasteiger partial charge on any atom is 0.152 e. The highest BCUT2D eigenvalue weighted by Gasteiger charge is 2.44. The summed E-state index contributed by atoms with van der Waals surface area (Å²) in [6, 6.07) is 34.7. The van der Waals surface area contributed by atoms with Gasteiger partial charge in [-0.05, 0) is 147 Å². The Kier molecular flexibility index (Phi) is 12.7. The third-order valence-corrected chi connectivity index (χ3v) is 14.0. The highest BCUT2D eigenvalue weighted by atomic mass is 16.5. The first-order valence-corrected chi connectivity index (χ1v) is 22.5. The van der Waals surface area contributed by atoms with Crippen LogP contribution in [0.5, 0.6) is 23.0 Å². The lowest BCUT2D eigenvalue weighted by Gasteiger charge is -2.45. The molecule has 0 spiro atoms. The number of rotatable bonds is 7. The number of para-hydroxylation sites is 4. The van der Waals surface area contributed by atoms with Crippen LogP contribution in [0.1, 0.15) is 90.2 Å². The molecule has 10 nitrogen and oxygen atoms in total. The molecule has 316 valence electrons. The predicted molar refractivity (Wildman–Crippen MR) is 244 cm³/mol. The van der Waals surface area contributed by atoms with Crippen molar-refractivity contribution in [1.29, 1.82) is 10.7 Å². The topological polar surface area (TPSA) is 94.3 Å². The summed E-state index contributed by atoms with van der Waals surface area (Å²) in [5, 5.41) is 21.0. The fraction of sp³-hybridized carbons (Fsp3) is 0.480. The van der Waals surface area contributed by atoms with Crippen molar-refractivity contribution in [1.82, 2.24) is 20.0 Å². The summed E-state index contributed by atoms with van der Waals surface area (Å²) < 4.78 is 12.5. The summed E-state index contributed by atoms with van der Waals surface area (Å²) in [7, 11) is 4.57. The predicted octanol–water partition coefficient (Wildman–Crippen LogP) is 10.3. The van der Waals surface area contributed by atoms with E-state index in [-0.39, 0.29) is 0 Å². The average molecular weight is 809 g/mol. The summed E-state index contributed by atoms with van der Waals surface area (Å²) in [4.78, 5) is 12.2. The van der Waals surface area contributed by atoms with Crippen molar-refractivity contribution in [2.24, 2.45) is 0 Å². The minimum Gasteiger partial charge on any atom is -0.453 e. The van der Waals surface area contributed by atoms with Gasteiger partial charge in [0.1, 0.15) is 5.84 Å². The molecular weight excluding hydrogens is 745 g/mol. The van der Waals surface area contributed by atoms with Gasteiger partial charge in [0.25, 0.3) is 0 Å². The van der Waals surface area contributed by atoms with E-state index in [9.17, 15) is 5.26 Å². The zero-order valence-corrected chi connectivity index (χ0v) is 36.5. The van der Waals surface area contributed by atoms with E-state index in [0.29, 0.717) is 47.7 Å². The molecule has 4 atom stereocenters. The van der Waals surface area contributed by atoms with E-state index in [1.165, 1.54) is 57.1 Å². The van der Waals surface area contributed by atoms with Crippen molar-refractivity contribution in [3.05, 3.63) is 96.1 Å². The van der Waals surface area contributed by atoms with Gasteiger partial charge in [0.15, 0.2) is 23.0 Å². The van der Waals surface area contributed by atoms with Crippen LogP contribution in [0.2, 0.25) is 0 Å². The molecule has 6 aliphatic rings. The van der Waals surface area contributed by atoms with Crippen LogP contribution >= 0.6 is 0 Å². The van der Waals surface area contributed by atoms with E-state index in [1.54, 1.807) is 0 Å². The number of anilines is 4. The first kappa shape index (κ1) is 41.6. The number of fused-ring (bicyclic) bond motifs is 8. The quantitative estimate of drug-likeness (QED) is 0.140. The summed E-state index contributed by atoms with van der Waals surface area (Å²) in [6.07, 6.45) is 10.00. The molecule has 10 heteroatoms. The second kappa shape index (κ2) is 18.3. The van der Waals surface area contributed by atoms with Crippen molar-refractivity contribution in [2.45, 2.75) is 115 Å². The van der Waals surface area contributed by atoms with Crippen molar-refractivity contribution in [3.63, 3.8) is 0 Å². The Balaban J connectivity index is 0.000000151. The molecule has 4 bridgehead atoms. The minimum atomic E-state index is 0.477. The molecule has 60 heavy (non-hydrogen) atoms. The van der Waals surface area contributed by atoms with Gasteiger partial charge in [-0.25, -0.2) is 0 Å². The highest BCUT2D eigenvalue weighted by molar-refractivity contribution is 5.98. The van der Waals surface area contributed by atoms with Crippen LogP contribution in [-0.2, 0) is 0 Å². The van der Waals surface area contributed by atoms with Crippen LogP contribution in [0.15, 0.2) is 84.9 Å². The van der Waals surface area contributed by atoms with Gasteiger partial charge in [-0.1, -0.05) is 38.1 Å². The van der Waals surface area contributed by atoms with E-state index < -0.39 is 0 Å². The fourth-order valence-corrected chi connectivity index (χ4v) is 10.7. The molecule has 0 saturated carbocycles. The van der Waals surface area contributed by atoms with Crippen molar-refractivity contribution >= 4 is 28.6 Å². The van der Waals surface area contributed by atoms with Crippen LogP contribution < -0.4 is 24.6 Å². The lowest BCUT2D eigenvalue weighted by molar-refractivity contribution is 0.162. The number of hydrogen-bond acceptors (Lipinski definition) is 9. The summed E-state index contributed by atoms with van der Waals surface area (Å²) in [5.41, 5.74) is 6.10. The van der Waals surface area contributed by atoms with Crippen LogP contribution in [0.4, 0.5) is 22.7 Å². The third-order valence-electron chi connectivity index (χ3n) is 14.0. The summed E-state index contributed by atoms with van der Waals surface area (Å²) >= 11 is 0. The van der Waals surface area contributed by atoms with Gasteiger partial charge in [0, 0.05) is 61.0 Å². The highest BCUT2D eigenvalue weighted by Crippen LogP contribution is 2.52. The van der Waals surface area contributed by atoms with Crippen LogP contribution in [0, 0.1) is 16.7 Å². The maximum atomic E-state index is 9.23. The van der Waals surface area contributed by atoms with Gasteiger partial charge < -0.3 is 39.3 Å². The van der Waals surface area contributed by atoms with E-state index in [1.807, 2.05) is 36.4 Å². The SMILES string of the molecule is CCN(CC)C(=N)c1ccc2c(c1)Oc1ccccc1N2C1CC2CCC(C1)N2C.CCNCC.CN1C2CCC1CC(N1c3ccccc3Oc3cc(C#N)ccc31)C2. The largest absolute Gasteiger partial charge is 0.453 e. The smallest absolute Gasteiger partial charge is 0.152 e. The molecule has 0 aliphatic carbocycles. The van der Waals surface area contributed by atoms with Crippen LogP contribution in [-0.4, -0.2) is 97.1 Å². The molecule has 4 fully saturated rings. The summed E-state index contributed by atoms with van der Waals surface area (Å²) in [5.74, 6) is 4.03. The molecule has 4 saturated heterocycles. The summed E-state index contributed by atoms with van der Waals surface area (Å²) in [6.45, 7) is 12.2. The number of nitriles is 1. The molecular formula is C50H64N8O2. The Morgan fingerprint density at radius 2 is 1.05 bits per heavy atom. The van der Waals surface area contributed by atoms with Gasteiger partial charge in [0.2, 0.25) is 0 Å². The molecule has 0 aromatic heterocycles. The van der Waals surface area contributed by atoms with Gasteiger partial charge in [-0.2, -0.15) is 5.26 Å². The van der Waals surface area contributed by atoms with Crippen molar-refractivity contribution in [3.8, 4) is 29.1 Å². The normalized spacial score (nSPS) is 24.4. The van der Waals surface area contributed by atoms with Crippen molar-refractivity contribution < 1.29 is 9.47 Å². The van der Waals surface area contributed by atoms with E-state index >= 15 is 0 Å². The fourth-order valence-electron chi connectivity index (χ4n) is 10.7. The first-order valence-electron chi connectivity index (χ1n) is 22.5. The van der Waals surface area contributed by atoms with Gasteiger partial charge in [0.05, 0.1) is 34.4 Å².